The van der Waals surface area contributed by atoms with Crippen molar-refractivity contribution in [2.45, 2.75) is 20.0 Å². The predicted octanol–water partition coefficient (Wildman–Crippen LogP) is 4.14. The molecule has 1 aromatic heterocycles. The summed E-state index contributed by atoms with van der Waals surface area (Å²) < 4.78 is 16.3. The van der Waals surface area contributed by atoms with Gasteiger partial charge in [-0.2, -0.15) is 0 Å². The number of benzene rings is 2. The molecule has 5 nitrogen and oxygen atoms in total. The highest BCUT2D eigenvalue weighted by atomic mass is 35.5. The molecule has 3 aromatic rings. The van der Waals surface area contributed by atoms with Gasteiger partial charge in [0.2, 0.25) is 0 Å². The van der Waals surface area contributed by atoms with Crippen molar-refractivity contribution in [2.75, 3.05) is 11.4 Å². The van der Waals surface area contributed by atoms with E-state index in [1.54, 1.807) is 31.2 Å². The van der Waals surface area contributed by atoms with E-state index in [0.717, 1.165) is 18.8 Å². The van der Waals surface area contributed by atoms with E-state index in [0.29, 0.717) is 29.0 Å². The standard InChI is InChI=1S/C21H20FN3O2.ClH/c1-14-2-3-16(12-19(14)22)25(15-4-6-17(26)7-5-15)21(27)18-8-10-24-11-9-23-13-20(18)24;/h2-8,10,12,23,26H,9,11,13H2,1H3;1H. The van der Waals surface area contributed by atoms with Crippen LogP contribution in [0.25, 0.3) is 0 Å². The maximum absolute atomic E-state index is 14.2. The molecule has 0 atom stereocenters. The van der Waals surface area contributed by atoms with Crippen molar-refractivity contribution < 1.29 is 14.3 Å². The molecule has 0 aliphatic carbocycles. The third kappa shape index (κ3) is 3.61. The van der Waals surface area contributed by atoms with E-state index in [4.69, 9.17) is 0 Å². The zero-order valence-electron chi connectivity index (χ0n) is 15.4. The van der Waals surface area contributed by atoms with Crippen LogP contribution < -0.4 is 10.2 Å². The molecule has 4 rings (SSSR count). The van der Waals surface area contributed by atoms with E-state index in [2.05, 4.69) is 9.88 Å². The van der Waals surface area contributed by atoms with Crippen LogP contribution in [0.2, 0.25) is 0 Å². The van der Waals surface area contributed by atoms with Crippen LogP contribution in [-0.2, 0) is 13.1 Å². The van der Waals surface area contributed by atoms with Gasteiger partial charge < -0.3 is 15.0 Å². The lowest BCUT2D eigenvalue weighted by molar-refractivity contribution is 0.0997. The lowest BCUT2D eigenvalue weighted by atomic mass is 10.1. The minimum absolute atomic E-state index is 0. The van der Waals surface area contributed by atoms with Gasteiger partial charge in [0, 0.05) is 37.2 Å². The Labute approximate surface area is 168 Å². The van der Waals surface area contributed by atoms with Gasteiger partial charge in [0.1, 0.15) is 11.6 Å². The van der Waals surface area contributed by atoms with Gasteiger partial charge in [0.05, 0.1) is 11.3 Å². The first kappa shape index (κ1) is 19.9. The molecule has 0 fully saturated rings. The number of rotatable bonds is 3. The molecule has 2 N–H and O–H groups in total. The summed E-state index contributed by atoms with van der Waals surface area (Å²) in [6, 6.07) is 12.9. The van der Waals surface area contributed by atoms with E-state index in [1.807, 2.05) is 12.3 Å². The fourth-order valence-electron chi connectivity index (χ4n) is 3.34. The maximum atomic E-state index is 14.2. The number of phenols is 1. The van der Waals surface area contributed by atoms with Crippen molar-refractivity contribution >= 4 is 29.7 Å². The number of fused-ring (bicyclic) bond motifs is 1. The number of nitrogens with one attached hydrogen (secondary N) is 1. The van der Waals surface area contributed by atoms with Gasteiger partial charge in [-0.15, -0.1) is 12.4 Å². The van der Waals surface area contributed by atoms with Crippen molar-refractivity contribution in [3.8, 4) is 5.75 Å². The number of aromatic hydroxyl groups is 1. The van der Waals surface area contributed by atoms with Crippen LogP contribution in [0, 0.1) is 12.7 Å². The summed E-state index contributed by atoms with van der Waals surface area (Å²) in [4.78, 5) is 14.9. The predicted molar refractivity (Wildman–Crippen MR) is 109 cm³/mol. The van der Waals surface area contributed by atoms with E-state index in [9.17, 15) is 14.3 Å². The second-order valence-electron chi connectivity index (χ2n) is 6.64. The molecule has 28 heavy (non-hydrogen) atoms. The van der Waals surface area contributed by atoms with Crippen molar-refractivity contribution in [3.05, 3.63) is 77.4 Å². The SMILES string of the molecule is Cc1ccc(N(C(=O)c2ccn3c2CNCC3)c2ccc(O)cc2)cc1F.Cl. The monoisotopic (exact) mass is 401 g/mol. The number of aryl methyl sites for hydroxylation is 1. The first-order valence-electron chi connectivity index (χ1n) is 8.83. The Bertz CT molecular complexity index is 1000. The Morgan fingerprint density at radius 2 is 1.86 bits per heavy atom. The van der Waals surface area contributed by atoms with Gasteiger partial charge in [-0.25, -0.2) is 4.39 Å². The molecule has 1 aliphatic rings. The number of anilines is 2. The molecule has 0 radical (unpaired) electrons. The molecule has 0 bridgehead atoms. The van der Waals surface area contributed by atoms with Gasteiger partial charge >= 0.3 is 0 Å². The number of carbonyl (C=O) groups excluding carboxylic acids is 1. The average molecular weight is 402 g/mol. The van der Waals surface area contributed by atoms with E-state index in [-0.39, 0.29) is 29.9 Å². The summed E-state index contributed by atoms with van der Waals surface area (Å²) in [6.45, 7) is 3.96. The second-order valence-corrected chi connectivity index (χ2v) is 6.64. The van der Waals surface area contributed by atoms with Crippen LogP contribution in [0.4, 0.5) is 15.8 Å². The van der Waals surface area contributed by atoms with Crippen LogP contribution >= 0.6 is 12.4 Å². The smallest absolute Gasteiger partial charge is 0.264 e. The van der Waals surface area contributed by atoms with Crippen LogP contribution in [0.1, 0.15) is 21.6 Å². The molecule has 1 aliphatic heterocycles. The third-order valence-electron chi connectivity index (χ3n) is 4.86. The topological polar surface area (TPSA) is 57.5 Å². The Hall–Kier alpha value is -2.83. The molecule has 2 aromatic carbocycles. The summed E-state index contributed by atoms with van der Waals surface area (Å²) in [5.41, 5.74) is 3.02. The lowest BCUT2D eigenvalue weighted by Gasteiger charge is -2.25. The minimum Gasteiger partial charge on any atom is -0.508 e. The van der Waals surface area contributed by atoms with Gasteiger partial charge in [-0.3, -0.25) is 9.69 Å². The van der Waals surface area contributed by atoms with Crippen molar-refractivity contribution in [3.63, 3.8) is 0 Å². The number of hydrogen-bond acceptors (Lipinski definition) is 3. The van der Waals surface area contributed by atoms with Crippen LogP contribution in [0.3, 0.4) is 0 Å². The molecule has 146 valence electrons. The molecular formula is C21H21ClFN3O2. The Kier molecular flexibility index (Phi) is 5.72. The van der Waals surface area contributed by atoms with E-state index in [1.165, 1.54) is 23.1 Å². The molecule has 0 saturated carbocycles. The highest BCUT2D eigenvalue weighted by Crippen LogP contribution is 2.31. The molecular weight excluding hydrogens is 381 g/mol. The Morgan fingerprint density at radius 1 is 1.14 bits per heavy atom. The van der Waals surface area contributed by atoms with E-state index >= 15 is 0 Å². The molecule has 0 spiro atoms. The highest BCUT2D eigenvalue weighted by Gasteiger charge is 2.25. The number of aromatic nitrogens is 1. The summed E-state index contributed by atoms with van der Waals surface area (Å²) in [6.07, 6.45) is 1.91. The van der Waals surface area contributed by atoms with E-state index < -0.39 is 0 Å². The summed E-state index contributed by atoms with van der Waals surface area (Å²) >= 11 is 0. The number of amides is 1. The quantitative estimate of drug-likeness (QED) is 0.693. The third-order valence-corrected chi connectivity index (χ3v) is 4.86. The van der Waals surface area contributed by atoms with Crippen molar-refractivity contribution in [1.82, 2.24) is 9.88 Å². The Morgan fingerprint density at radius 3 is 2.57 bits per heavy atom. The highest BCUT2D eigenvalue weighted by molar-refractivity contribution is 6.11. The number of phenolic OH excluding ortho intramolecular Hbond substituents is 1. The van der Waals surface area contributed by atoms with Gasteiger partial charge in [0.15, 0.2) is 0 Å². The van der Waals surface area contributed by atoms with Gasteiger partial charge in [-0.05, 0) is 55.0 Å². The second kappa shape index (κ2) is 8.04. The zero-order valence-corrected chi connectivity index (χ0v) is 16.2. The average Bonchev–Trinajstić information content (AvgIpc) is 3.10. The van der Waals surface area contributed by atoms with Crippen molar-refractivity contribution in [1.29, 1.82) is 0 Å². The molecule has 2 heterocycles. The van der Waals surface area contributed by atoms with Gasteiger partial charge in [-0.1, -0.05) is 6.07 Å². The largest absolute Gasteiger partial charge is 0.508 e. The van der Waals surface area contributed by atoms with Crippen LogP contribution in [0.15, 0.2) is 54.7 Å². The fraction of sp³-hybridized carbons (Fsp3) is 0.190. The normalized spacial score (nSPS) is 12.8. The van der Waals surface area contributed by atoms with Crippen LogP contribution in [0.5, 0.6) is 5.75 Å². The first-order valence-corrected chi connectivity index (χ1v) is 8.83. The fourth-order valence-corrected chi connectivity index (χ4v) is 3.34. The summed E-state index contributed by atoms with van der Waals surface area (Å²) in [7, 11) is 0. The maximum Gasteiger partial charge on any atom is 0.264 e. The molecule has 7 heteroatoms. The number of carbonyl (C=O) groups is 1. The minimum atomic E-state index is -0.371. The summed E-state index contributed by atoms with van der Waals surface area (Å²) in [5, 5.41) is 12.9. The summed E-state index contributed by atoms with van der Waals surface area (Å²) in [5.74, 6) is -0.502. The zero-order chi connectivity index (χ0) is 19.0. The number of halogens is 2. The number of hydrogen-bond donors (Lipinski definition) is 2. The Balaban J connectivity index is 0.00000225. The first-order chi connectivity index (χ1) is 13.0. The molecule has 0 saturated heterocycles. The lowest BCUT2D eigenvalue weighted by Crippen LogP contribution is -2.31. The number of nitrogens with zero attached hydrogens (tertiary/aromatic N) is 2. The van der Waals surface area contributed by atoms with Crippen molar-refractivity contribution in [2.24, 2.45) is 0 Å². The van der Waals surface area contributed by atoms with Crippen LogP contribution in [-0.4, -0.2) is 22.1 Å². The molecule has 0 unspecified atom stereocenters. The van der Waals surface area contributed by atoms with Gasteiger partial charge in [0.25, 0.3) is 5.91 Å². The molecule has 1 amide bonds.